The summed E-state index contributed by atoms with van der Waals surface area (Å²) in [7, 11) is 3.08. The number of rotatable bonds is 6. The Morgan fingerprint density at radius 3 is 1.97 bits per heavy atom. The average molecular weight is 531 g/mol. The molecule has 0 aliphatic heterocycles. The molecule has 0 aliphatic rings. The normalized spacial score (nSPS) is 11.3. The van der Waals surface area contributed by atoms with Crippen molar-refractivity contribution in [3.8, 4) is 6.01 Å². The van der Waals surface area contributed by atoms with Crippen molar-refractivity contribution in [3.63, 3.8) is 0 Å². The van der Waals surface area contributed by atoms with Crippen molar-refractivity contribution in [3.05, 3.63) is 127 Å². The zero-order valence-corrected chi connectivity index (χ0v) is 20.8. The van der Waals surface area contributed by atoms with Gasteiger partial charge in [0.05, 0.1) is 6.54 Å². The predicted octanol–water partition coefficient (Wildman–Crippen LogP) is 4.41. The molecule has 2 aromatic heterocycles. The maximum absolute atomic E-state index is 13.2. The van der Waals surface area contributed by atoms with Crippen LogP contribution in [0.1, 0.15) is 22.8 Å². The number of fused-ring (bicyclic) bond motifs is 1. The van der Waals surface area contributed by atoms with Gasteiger partial charge in [-0.1, -0.05) is 88.7 Å². The number of ether oxygens (including phenoxy) is 1. The quantitative estimate of drug-likeness (QED) is 0.326. The van der Waals surface area contributed by atoms with Crippen LogP contribution >= 0.6 is 15.9 Å². The van der Waals surface area contributed by atoms with E-state index in [1.807, 2.05) is 84.9 Å². The summed E-state index contributed by atoms with van der Waals surface area (Å²) in [6.45, 7) is 0.350. The van der Waals surface area contributed by atoms with Gasteiger partial charge < -0.3 is 4.74 Å². The summed E-state index contributed by atoms with van der Waals surface area (Å²) in [5, 5.41) is 0. The molecule has 0 bridgehead atoms. The van der Waals surface area contributed by atoms with Crippen molar-refractivity contribution in [1.82, 2.24) is 18.7 Å². The maximum atomic E-state index is 13.2. The molecule has 5 rings (SSSR count). The second-order valence-corrected chi connectivity index (χ2v) is 9.22. The summed E-state index contributed by atoms with van der Waals surface area (Å²) in [4.78, 5) is 30.5. The van der Waals surface area contributed by atoms with Crippen LogP contribution in [-0.4, -0.2) is 18.7 Å². The van der Waals surface area contributed by atoms with E-state index in [1.165, 1.54) is 11.6 Å². The molecule has 176 valence electrons. The van der Waals surface area contributed by atoms with Gasteiger partial charge in [-0.25, -0.2) is 4.79 Å². The van der Waals surface area contributed by atoms with E-state index in [4.69, 9.17) is 4.74 Å². The van der Waals surface area contributed by atoms with Gasteiger partial charge in [-0.3, -0.25) is 18.5 Å². The monoisotopic (exact) mass is 530 g/mol. The molecule has 0 aliphatic carbocycles. The summed E-state index contributed by atoms with van der Waals surface area (Å²) in [6, 6.07) is 27.8. The predicted molar refractivity (Wildman–Crippen MR) is 139 cm³/mol. The van der Waals surface area contributed by atoms with E-state index >= 15 is 0 Å². The molecule has 35 heavy (non-hydrogen) atoms. The number of aromatic nitrogens is 4. The van der Waals surface area contributed by atoms with Crippen molar-refractivity contribution in [2.45, 2.75) is 12.6 Å². The third-order valence-corrected chi connectivity index (χ3v) is 6.52. The minimum Gasteiger partial charge on any atom is -0.451 e. The van der Waals surface area contributed by atoms with Crippen molar-refractivity contribution in [2.24, 2.45) is 14.1 Å². The van der Waals surface area contributed by atoms with Gasteiger partial charge in [-0.15, -0.1) is 0 Å². The maximum Gasteiger partial charge on any atom is 0.332 e. The molecule has 0 fully saturated rings. The standard InChI is InChI=1S/C27H23BrN4O3/c1-30-24-22(25(33)31(2)27(30)34)32(17-18-13-15-21(28)16-14-18)26(29-24)35-23(19-9-5-3-6-10-19)20-11-7-4-8-12-20/h3-16,23H,17H2,1-2H3. The first-order chi connectivity index (χ1) is 16.9. The minimum atomic E-state index is -0.459. The number of nitrogens with zero attached hydrogens (tertiary/aromatic N) is 4. The van der Waals surface area contributed by atoms with E-state index in [-0.39, 0.29) is 11.7 Å². The molecule has 0 unspecified atom stereocenters. The number of aryl methyl sites for hydroxylation is 1. The van der Waals surface area contributed by atoms with Crippen LogP contribution in [0, 0.1) is 0 Å². The van der Waals surface area contributed by atoms with Crippen LogP contribution in [0.25, 0.3) is 11.2 Å². The van der Waals surface area contributed by atoms with E-state index in [0.717, 1.165) is 25.7 Å². The first-order valence-electron chi connectivity index (χ1n) is 11.1. The minimum absolute atomic E-state index is 0.263. The topological polar surface area (TPSA) is 71.1 Å². The van der Waals surface area contributed by atoms with Crippen LogP contribution in [0.5, 0.6) is 6.01 Å². The van der Waals surface area contributed by atoms with Crippen LogP contribution in [0.4, 0.5) is 0 Å². The Labute approximate surface area is 210 Å². The third kappa shape index (κ3) is 4.33. The zero-order valence-electron chi connectivity index (χ0n) is 19.3. The van der Waals surface area contributed by atoms with E-state index < -0.39 is 17.4 Å². The van der Waals surface area contributed by atoms with Crippen LogP contribution in [0.15, 0.2) is 99.0 Å². The zero-order chi connectivity index (χ0) is 24.5. The fourth-order valence-corrected chi connectivity index (χ4v) is 4.39. The smallest absolute Gasteiger partial charge is 0.332 e. The lowest BCUT2D eigenvalue weighted by molar-refractivity contribution is 0.218. The van der Waals surface area contributed by atoms with E-state index in [2.05, 4.69) is 20.9 Å². The summed E-state index contributed by atoms with van der Waals surface area (Å²) in [5.74, 6) is 0. The van der Waals surface area contributed by atoms with Crippen molar-refractivity contribution in [2.75, 3.05) is 0 Å². The Morgan fingerprint density at radius 2 is 1.40 bits per heavy atom. The molecule has 5 aromatic rings. The number of hydrogen-bond acceptors (Lipinski definition) is 4. The first-order valence-corrected chi connectivity index (χ1v) is 11.9. The number of imidazole rings is 1. The van der Waals surface area contributed by atoms with Crippen molar-refractivity contribution >= 4 is 27.1 Å². The highest BCUT2D eigenvalue weighted by Crippen LogP contribution is 2.30. The van der Waals surface area contributed by atoms with Crippen LogP contribution < -0.4 is 16.0 Å². The van der Waals surface area contributed by atoms with Gasteiger partial charge in [-0.05, 0) is 28.8 Å². The third-order valence-electron chi connectivity index (χ3n) is 5.99. The van der Waals surface area contributed by atoms with Gasteiger partial charge in [-0.2, -0.15) is 4.98 Å². The van der Waals surface area contributed by atoms with Crippen LogP contribution in [-0.2, 0) is 20.6 Å². The summed E-state index contributed by atoms with van der Waals surface area (Å²) in [5.41, 5.74) is 2.59. The summed E-state index contributed by atoms with van der Waals surface area (Å²) in [6.07, 6.45) is -0.459. The molecule has 7 nitrogen and oxygen atoms in total. The lowest BCUT2D eigenvalue weighted by Crippen LogP contribution is -2.37. The van der Waals surface area contributed by atoms with Gasteiger partial charge in [0.15, 0.2) is 17.3 Å². The first kappa shape index (κ1) is 22.9. The fourth-order valence-electron chi connectivity index (χ4n) is 4.13. The van der Waals surface area contributed by atoms with E-state index in [9.17, 15) is 9.59 Å². The van der Waals surface area contributed by atoms with Gasteiger partial charge in [0.2, 0.25) is 0 Å². The molecular weight excluding hydrogens is 508 g/mol. The van der Waals surface area contributed by atoms with Gasteiger partial charge in [0, 0.05) is 18.6 Å². The molecule has 0 radical (unpaired) electrons. The molecule has 0 amide bonds. The largest absolute Gasteiger partial charge is 0.451 e. The second kappa shape index (κ2) is 9.38. The Bertz CT molecular complexity index is 1570. The Balaban J connectivity index is 1.72. The summed E-state index contributed by atoms with van der Waals surface area (Å²) < 4.78 is 11.7. The molecular formula is C27H23BrN4O3. The SMILES string of the molecule is Cn1c(=O)c2c(nc(OC(c3ccccc3)c3ccccc3)n2Cc2ccc(Br)cc2)n(C)c1=O. The Kier molecular flexibility index (Phi) is 6.13. The Morgan fingerprint density at radius 1 is 0.829 bits per heavy atom. The molecule has 3 aromatic carbocycles. The van der Waals surface area contributed by atoms with Crippen molar-refractivity contribution < 1.29 is 4.74 Å². The molecule has 0 spiro atoms. The number of hydrogen-bond donors (Lipinski definition) is 0. The van der Waals surface area contributed by atoms with Gasteiger partial charge in [0.25, 0.3) is 11.6 Å². The van der Waals surface area contributed by atoms with Gasteiger partial charge >= 0.3 is 5.69 Å². The number of halogens is 1. The molecule has 8 heteroatoms. The lowest BCUT2D eigenvalue weighted by Gasteiger charge is -2.20. The fraction of sp³-hybridized carbons (Fsp3) is 0.148. The van der Waals surface area contributed by atoms with Crippen LogP contribution in [0.2, 0.25) is 0 Å². The average Bonchev–Trinajstić information content (AvgIpc) is 3.25. The highest BCUT2D eigenvalue weighted by atomic mass is 79.9. The lowest BCUT2D eigenvalue weighted by atomic mass is 10.0. The molecule has 0 saturated heterocycles. The molecule has 2 heterocycles. The molecule has 0 saturated carbocycles. The Hall–Kier alpha value is -3.91. The number of benzene rings is 3. The summed E-state index contributed by atoms with van der Waals surface area (Å²) >= 11 is 3.47. The highest BCUT2D eigenvalue weighted by Gasteiger charge is 2.24. The molecule has 0 N–H and O–H groups in total. The van der Waals surface area contributed by atoms with Crippen molar-refractivity contribution in [1.29, 1.82) is 0 Å². The van der Waals surface area contributed by atoms with E-state index in [0.29, 0.717) is 12.1 Å². The van der Waals surface area contributed by atoms with E-state index in [1.54, 1.807) is 11.6 Å². The van der Waals surface area contributed by atoms with Gasteiger partial charge in [0.1, 0.15) is 0 Å². The highest BCUT2D eigenvalue weighted by molar-refractivity contribution is 9.10. The van der Waals surface area contributed by atoms with Crippen LogP contribution in [0.3, 0.4) is 0 Å². The second-order valence-electron chi connectivity index (χ2n) is 8.30. The molecule has 0 atom stereocenters.